The molecule has 4 N–H and O–H groups in total. The van der Waals surface area contributed by atoms with E-state index in [9.17, 15) is 0 Å². The summed E-state index contributed by atoms with van der Waals surface area (Å²) in [6, 6.07) is 7.87. The smallest absolute Gasteiger partial charge is 0.163 e. The summed E-state index contributed by atoms with van der Waals surface area (Å²) in [6.07, 6.45) is 0. The van der Waals surface area contributed by atoms with E-state index in [4.69, 9.17) is 11.5 Å². The van der Waals surface area contributed by atoms with E-state index < -0.39 is 0 Å². The highest BCUT2D eigenvalue weighted by Crippen LogP contribution is 2.26. The molecule has 0 radical (unpaired) electrons. The summed E-state index contributed by atoms with van der Waals surface area (Å²) in [5, 5.41) is 0. The lowest BCUT2D eigenvalue weighted by atomic mass is 10.1. The van der Waals surface area contributed by atoms with Crippen LogP contribution in [0.25, 0.3) is 11.4 Å². The van der Waals surface area contributed by atoms with Gasteiger partial charge in [0, 0.05) is 5.56 Å². The van der Waals surface area contributed by atoms with E-state index in [1.54, 1.807) is 0 Å². The molecule has 1 aromatic carbocycles. The summed E-state index contributed by atoms with van der Waals surface area (Å²) in [4.78, 5) is 8.37. The van der Waals surface area contributed by atoms with Crippen LogP contribution in [0.5, 0.6) is 0 Å². The van der Waals surface area contributed by atoms with Crippen LogP contribution in [0.3, 0.4) is 0 Å². The number of hydrogen-bond donors (Lipinski definition) is 2. The van der Waals surface area contributed by atoms with Crippen LogP contribution in [0, 0.1) is 6.92 Å². The molecule has 0 aliphatic rings. The summed E-state index contributed by atoms with van der Waals surface area (Å²) in [5.74, 6) is 1.25. The number of nitrogens with zero attached hydrogens (tertiary/aromatic N) is 2. The van der Waals surface area contributed by atoms with E-state index in [-0.39, 0.29) is 0 Å². The van der Waals surface area contributed by atoms with E-state index in [1.807, 2.05) is 31.2 Å². The van der Waals surface area contributed by atoms with Crippen molar-refractivity contribution in [1.29, 1.82) is 0 Å². The van der Waals surface area contributed by atoms with Gasteiger partial charge in [-0.3, -0.25) is 0 Å². The van der Waals surface area contributed by atoms with Gasteiger partial charge >= 0.3 is 0 Å². The van der Waals surface area contributed by atoms with Gasteiger partial charge in [-0.15, -0.1) is 0 Å². The molecular formula is C11H11BrN4. The number of hydrogen-bond acceptors (Lipinski definition) is 4. The van der Waals surface area contributed by atoms with E-state index in [0.29, 0.717) is 21.9 Å². The molecule has 5 heteroatoms. The maximum Gasteiger partial charge on any atom is 0.163 e. The number of nitrogens with two attached hydrogens (primary N) is 2. The third kappa shape index (κ3) is 1.99. The standard InChI is InChI=1S/C11H11BrN4/c1-6-3-2-4-7(5-6)11-15-9(13)8(12)10(14)16-11/h2-5H,1H3,(H4,13,14,15,16). The van der Waals surface area contributed by atoms with Crippen LogP contribution in [-0.4, -0.2) is 9.97 Å². The molecule has 0 amide bonds. The van der Waals surface area contributed by atoms with Gasteiger partial charge in [0.2, 0.25) is 0 Å². The second kappa shape index (κ2) is 4.09. The number of aromatic nitrogens is 2. The lowest BCUT2D eigenvalue weighted by Gasteiger charge is -2.06. The predicted molar refractivity (Wildman–Crippen MR) is 68.7 cm³/mol. The maximum atomic E-state index is 5.72. The van der Waals surface area contributed by atoms with E-state index in [1.165, 1.54) is 0 Å². The van der Waals surface area contributed by atoms with Gasteiger partial charge in [0.15, 0.2) is 5.82 Å². The number of anilines is 2. The van der Waals surface area contributed by atoms with Crippen molar-refractivity contribution in [2.24, 2.45) is 0 Å². The Bertz CT molecular complexity index is 516. The fraction of sp³-hybridized carbons (Fsp3) is 0.0909. The molecular weight excluding hydrogens is 268 g/mol. The zero-order valence-electron chi connectivity index (χ0n) is 8.74. The number of nitrogen functional groups attached to an aromatic ring is 2. The molecule has 1 heterocycles. The number of benzene rings is 1. The molecule has 82 valence electrons. The van der Waals surface area contributed by atoms with Gasteiger partial charge in [0.05, 0.1) is 0 Å². The lowest BCUT2D eigenvalue weighted by molar-refractivity contribution is 1.18. The average Bonchev–Trinajstić information content (AvgIpc) is 2.25. The molecule has 1 aromatic heterocycles. The molecule has 0 aliphatic carbocycles. The molecule has 4 nitrogen and oxygen atoms in total. The van der Waals surface area contributed by atoms with Gasteiger partial charge < -0.3 is 11.5 Å². The van der Waals surface area contributed by atoms with Gasteiger partial charge in [-0.1, -0.05) is 23.8 Å². The highest BCUT2D eigenvalue weighted by molar-refractivity contribution is 9.10. The molecule has 0 bridgehead atoms. The van der Waals surface area contributed by atoms with Crippen LogP contribution in [-0.2, 0) is 0 Å². The summed E-state index contributed by atoms with van der Waals surface area (Å²) < 4.78 is 0.545. The Morgan fingerprint density at radius 1 is 1.12 bits per heavy atom. The van der Waals surface area contributed by atoms with Gasteiger partial charge in [-0.25, -0.2) is 9.97 Å². The molecule has 0 unspecified atom stereocenters. The third-order valence-electron chi connectivity index (χ3n) is 2.18. The molecule has 0 saturated carbocycles. The molecule has 0 saturated heterocycles. The van der Waals surface area contributed by atoms with Crippen molar-refractivity contribution < 1.29 is 0 Å². The first-order valence-corrected chi connectivity index (χ1v) is 5.53. The molecule has 0 spiro atoms. The van der Waals surface area contributed by atoms with Crippen LogP contribution >= 0.6 is 15.9 Å². The van der Waals surface area contributed by atoms with Crippen molar-refractivity contribution >= 4 is 27.6 Å². The Hall–Kier alpha value is -1.62. The highest BCUT2D eigenvalue weighted by Gasteiger charge is 2.08. The zero-order valence-corrected chi connectivity index (χ0v) is 10.3. The number of rotatable bonds is 1. The number of halogens is 1. The monoisotopic (exact) mass is 278 g/mol. The molecule has 0 atom stereocenters. The Morgan fingerprint density at radius 2 is 1.75 bits per heavy atom. The Kier molecular flexibility index (Phi) is 2.78. The Morgan fingerprint density at radius 3 is 2.31 bits per heavy atom. The largest absolute Gasteiger partial charge is 0.383 e. The van der Waals surface area contributed by atoms with E-state index in [0.717, 1.165) is 11.1 Å². The molecule has 0 fully saturated rings. The lowest BCUT2D eigenvalue weighted by Crippen LogP contribution is -2.02. The minimum atomic E-state index is 0.351. The third-order valence-corrected chi connectivity index (χ3v) is 2.99. The first kappa shape index (κ1) is 10.9. The normalized spacial score (nSPS) is 10.4. The van der Waals surface area contributed by atoms with Crippen LogP contribution in [0.15, 0.2) is 28.7 Å². The molecule has 2 aromatic rings. The molecule has 16 heavy (non-hydrogen) atoms. The number of aryl methyl sites for hydroxylation is 1. The Balaban J connectivity index is 2.57. The fourth-order valence-corrected chi connectivity index (χ4v) is 1.57. The van der Waals surface area contributed by atoms with Crippen LogP contribution in [0.2, 0.25) is 0 Å². The summed E-state index contributed by atoms with van der Waals surface area (Å²) in [6.45, 7) is 2.01. The van der Waals surface area contributed by atoms with Crippen molar-refractivity contribution in [3.63, 3.8) is 0 Å². The first-order valence-electron chi connectivity index (χ1n) is 4.73. The average molecular weight is 279 g/mol. The first-order chi connectivity index (χ1) is 7.58. The summed E-state index contributed by atoms with van der Waals surface area (Å²) >= 11 is 3.23. The van der Waals surface area contributed by atoms with Crippen molar-refractivity contribution in [2.45, 2.75) is 6.92 Å². The fourth-order valence-electron chi connectivity index (χ4n) is 1.40. The highest BCUT2D eigenvalue weighted by atomic mass is 79.9. The van der Waals surface area contributed by atoms with E-state index >= 15 is 0 Å². The second-order valence-corrected chi connectivity index (χ2v) is 4.29. The Labute approximate surface area is 102 Å². The predicted octanol–water partition coefficient (Wildman–Crippen LogP) is 2.38. The van der Waals surface area contributed by atoms with Gasteiger partial charge in [0.25, 0.3) is 0 Å². The van der Waals surface area contributed by atoms with Crippen molar-refractivity contribution in [1.82, 2.24) is 9.97 Å². The quantitative estimate of drug-likeness (QED) is 0.840. The summed E-state index contributed by atoms with van der Waals surface area (Å²) in [5.41, 5.74) is 13.5. The van der Waals surface area contributed by atoms with Crippen LogP contribution in [0.4, 0.5) is 11.6 Å². The molecule has 2 rings (SSSR count). The van der Waals surface area contributed by atoms with Gasteiger partial charge in [-0.05, 0) is 28.9 Å². The van der Waals surface area contributed by atoms with Gasteiger partial charge in [-0.2, -0.15) is 0 Å². The van der Waals surface area contributed by atoms with Crippen molar-refractivity contribution in [2.75, 3.05) is 11.5 Å². The van der Waals surface area contributed by atoms with Crippen LogP contribution in [0.1, 0.15) is 5.56 Å². The van der Waals surface area contributed by atoms with Crippen LogP contribution < -0.4 is 11.5 Å². The minimum absolute atomic E-state index is 0.351. The van der Waals surface area contributed by atoms with Gasteiger partial charge in [0.1, 0.15) is 16.1 Å². The van der Waals surface area contributed by atoms with Crippen molar-refractivity contribution in [3.8, 4) is 11.4 Å². The SMILES string of the molecule is Cc1cccc(-c2nc(N)c(Br)c(N)n2)c1. The summed E-state index contributed by atoms with van der Waals surface area (Å²) in [7, 11) is 0. The minimum Gasteiger partial charge on any atom is -0.383 e. The maximum absolute atomic E-state index is 5.72. The molecule has 0 aliphatic heterocycles. The topological polar surface area (TPSA) is 77.8 Å². The van der Waals surface area contributed by atoms with Crippen molar-refractivity contribution in [3.05, 3.63) is 34.3 Å². The zero-order chi connectivity index (χ0) is 11.7. The van der Waals surface area contributed by atoms with E-state index in [2.05, 4.69) is 25.9 Å². The second-order valence-electron chi connectivity index (χ2n) is 3.50.